The van der Waals surface area contributed by atoms with Gasteiger partial charge in [-0.25, -0.2) is 4.99 Å². The highest BCUT2D eigenvalue weighted by molar-refractivity contribution is 6.46. The van der Waals surface area contributed by atoms with E-state index in [-0.39, 0.29) is 12.3 Å². The van der Waals surface area contributed by atoms with E-state index in [9.17, 15) is 18.0 Å². The SMILES string of the molecule is C[C@H](NC(=O)C1=NC=NCc2ccc(-c3cnn(C)c3)cc21)C(F)(F)F. The van der Waals surface area contributed by atoms with Crippen LogP contribution in [0.25, 0.3) is 11.1 Å². The quantitative estimate of drug-likeness (QED) is 0.910. The Morgan fingerprint density at radius 1 is 1.31 bits per heavy atom. The standard InChI is InChI=1S/C17H16F3N5O/c1-10(17(18,19)20)24-16(26)15-14-5-11(13-7-23-25(2)8-13)3-4-12(14)6-21-9-22-15/h3-5,7-10H,6H2,1-2H3,(H,24,26)/t10-/m0/s1. The molecule has 26 heavy (non-hydrogen) atoms. The molecule has 136 valence electrons. The predicted molar refractivity (Wildman–Crippen MR) is 91.0 cm³/mol. The maximum atomic E-state index is 12.8. The smallest absolute Gasteiger partial charge is 0.339 e. The van der Waals surface area contributed by atoms with Crippen molar-refractivity contribution >= 4 is 18.0 Å². The van der Waals surface area contributed by atoms with Crippen molar-refractivity contribution in [1.29, 1.82) is 0 Å². The maximum absolute atomic E-state index is 12.8. The molecule has 2 heterocycles. The van der Waals surface area contributed by atoms with Crippen LogP contribution < -0.4 is 5.32 Å². The number of aryl methyl sites for hydroxylation is 1. The lowest BCUT2D eigenvalue weighted by molar-refractivity contribution is -0.156. The van der Waals surface area contributed by atoms with E-state index in [1.54, 1.807) is 36.3 Å². The maximum Gasteiger partial charge on any atom is 0.408 e. The molecule has 0 radical (unpaired) electrons. The van der Waals surface area contributed by atoms with Gasteiger partial charge in [0.15, 0.2) is 0 Å². The van der Waals surface area contributed by atoms with Crippen molar-refractivity contribution in [3.8, 4) is 11.1 Å². The molecule has 6 nitrogen and oxygen atoms in total. The molecule has 1 N–H and O–H groups in total. The average molecular weight is 363 g/mol. The van der Waals surface area contributed by atoms with Crippen molar-refractivity contribution in [1.82, 2.24) is 15.1 Å². The topological polar surface area (TPSA) is 71.6 Å². The number of halogens is 3. The molecule has 0 spiro atoms. The molecule has 1 aromatic carbocycles. The number of aliphatic imine (C=N–C) groups is 2. The monoisotopic (exact) mass is 363 g/mol. The predicted octanol–water partition coefficient (Wildman–Crippen LogP) is 2.49. The third-order valence-electron chi connectivity index (χ3n) is 3.99. The Balaban J connectivity index is 1.97. The van der Waals surface area contributed by atoms with E-state index in [0.717, 1.165) is 18.1 Å². The third-order valence-corrected chi connectivity index (χ3v) is 3.99. The molecule has 0 aliphatic carbocycles. The lowest BCUT2D eigenvalue weighted by atomic mass is 9.97. The van der Waals surface area contributed by atoms with Crippen LogP contribution in [0, 0.1) is 0 Å². The summed E-state index contributed by atoms with van der Waals surface area (Å²) in [6.45, 7) is 1.17. The Morgan fingerprint density at radius 3 is 2.73 bits per heavy atom. The molecule has 1 aliphatic rings. The van der Waals surface area contributed by atoms with E-state index >= 15 is 0 Å². The molecule has 0 bridgehead atoms. The fourth-order valence-electron chi connectivity index (χ4n) is 2.52. The minimum absolute atomic E-state index is 0.0944. The van der Waals surface area contributed by atoms with Crippen molar-refractivity contribution in [2.75, 3.05) is 0 Å². The summed E-state index contributed by atoms with van der Waals surface area (Å²) >= 11 is 0. The van der Waals surface area contributed by atoms with Crippen LogP contribution in [0.15, 0.2) is 40.6 Å². The number of aromatic nitrogens is 2. The summed E-state index contributed by atoms with van der Waals surface area (Å²) in [6.07, 6.45) is 0.126. The summed E-state index contributed by atoms with van der Waals surface area (Å²) in [4.78, 5) is 20.4. The molecule has 0 saturated heterocycles. The summed E-state index contributed by atoms with van der Waals surface area (Å²) in [5, 5.41) is 6.05. The van der Waals surface area contributed by atoms with E-state index in [1.165, 1.54) is 6.34 Å². The molecule has 1 amide bonds. The second-order valence-corrected chi connectivity index (χ2v) is 5.95. The highest BCUT2D eigenvalue weighted by Crippen LogP contribution is 2.25. The number of nitrogens with zero attached hydrogens (tertiary/aromatic N) is 4. The van der Waals surface area contributed by atoms with Crippen LogP contribution in [0.5, 0.6) is 0 Å². The number of hydrogen-bond acceptors (Lipinski definition) is 4. The Morgan fingerprint density at radius 2 is 2.08 bits per heavy atom. The first-order valence-electron chi connectivity index (χ1n) is 7.81. The van der Waals surface area contributed by atoms with Crippen molar-refractivity contribution in [2.45, 2.75) is 25.7 Å². The molecule has 1 aromatic heterocycles. The van der Waals surface area contributed by atoms with Crippen LogP contribution in [-0.4, -0.2) is 40.0 Å². The van der Waals surface area contributed by atoms with Gasteiger partial charge in [-0.2, -0.15) is 18.3 Å². The molecule has 0 fully saturated rings. The zero-order valence-corrected chi connectivity index (χ0v) is 14.1. The van der Waals surface area contributed by atoms with Gasteiger partial charge in [-0.3, -0.25) is 14.5 Å². The van der Waals surface area contributed by atoms with Crippen molar-refractivity contribution in [2.24, 2.45) is 17.0 Å². The Kier molecular flexibility index (Phi) is 4.62. The van der Waals surface area contributed by atoms with Crippen LogP contribution in [0.4, 0.5) is 13.2 Å². The molecule has 1 atom stereocenters. The lowest BCUT2D eigenvalue weighted by Crippen LogP contribution is -2.46. The fraction of sp³-hybridized carbons (Fsp3) is 0.294. The highest BCUT2D eigenvalue weighted by atomic mass is 19.4. The zero-order valence-electron chi connectivity index (χ0n) is 14.1. The van der Waals surface area contributed by atoms with Gasteiger partial charge >= 0.3 is 6.18 Å². The van der Waals surface area contributed by atoms with Gasteiger partial charge in [-0.15, -0.1) is 0 Å². The number of hydrogen-bond donors (Lipinski definition) is 1. The summed E-state index contributed by atoms with van der Waals surface area (Å²) in [7, 11) is 1.78. The van der Waals surface area contributed by atoms with Gasteiger partial charge in [0.2, 0.25) is 0 Å². The minimum Gasteiger partial charge on any atom is -0.339 e. The van der Waals surface area contributed by atoms with Crippen LogP contribution in [0.2, 0.25) is 0 Å². The van der Waals surface area contributed by atoms with Crippen LogP contribution in [-0.2, 0) is 18.4 Å². The summed E-state index contributed by atoms with van der Waals surface area (Å²) < 4.78 is 39.9. The van der Waals surface area contributed by atoms with Crippen LogP contribution in [0.3, 0.4) is 0 Å². The fourth-order valence-corrected chi connectivity index (χ4v) is 2.52. The van der Waals surface area contributed by atoms with Gasteiger partial charge in [0, 0.05) is 24.4 Å². The molecule has 2 aromatic rings. The van der Waals surface area contributed by atoms with Gasteiger partial charge in [0.1, 0.15) is 18.1 Å². The van der Waals surface area contributed by atoms with E-state index in [4.69, 9.17) is 0 Å². The molecule has 3 rings (SSSR count). The number of benzene rings is 1. The number of fused-ring (bicyclic) bond motifs is 1. The molecule has 1 aliphatic heterocycles. The highest BCUT2D eigenvalue weighted by Gasteiger charge is 2.38. The Bertz CT molecular complexity index is 898. The summed E-state index contributed by atoms with van der Waals surface area (Å²) in [6, 6.07) is 3.38. The van der Waals surface area contributed by atoms with E-state index in [1.807, 2.05) is 11.4 Å². The summed E-state index contributed by atoms with van der Waals surface area (Å²) in [5.41, 5.74) is 2.67. The molecule has 9 heteroatoms. The average Bonchev–Trinajstić information content (AvgIpc) is 2.89. The van der Waals surface area contributed by atoms with Gasteiger partial charge in [0.05, 0.1) is 12.7 Å². The lowest BCUT2D eigenvalue weighted by Gasteiger charge is -2.18. The first-order chi connectivity index (χ1) is 12.3. The van der Waals surface area contributed by atoms with Gasteiger partial charge in [0.25, 0.3) is 5.91 Å². The molecular formula is C17H16F3N5O. The first kappa shape index (κ1) is 17.8. The van der Waals surface area contributed by atoms with Crippen molar-refractivity contribution < 1.29 is 18.0 Å². The van der Waals surface area contributed by atoms with Crippen LogP contribution >= 0.6 is 0 Å². The number of carbonyl (C=O) groups is 1. The number of rotatable bonds is 3. The van der Waals surface area contributed by atoms with Gasteiger partial charge < -0.3 is 5.32 Å². The second-order valence-electron chi connectivity index (χ2n) is 5.95. The van der Waals surface area contributed by atoms with E-state index in [0.29, 0.717) is 11.1 Å². The van der Waals surface area contributed by atoms with Crippen molar-refractivity contribution in [3.05, 3.63) is 41.7 Å². The number of carbonyl (C=O) groups excluding carboxylic acids is 1. The first-order valence-corrected chi connectivity index (χ1v) is 7.81. The Labute approximate surface area is 147 Å². The van der Waals surface area contributed by atoms with E-state index < -0.39 is 18.1 Å². The van der Waals surface area contributed by atoms with Gasteiger partial charge in [-0.1, -0.05) is 12.1 Å². The number of alkyl halides is 3. The summed E-state index contributed by atoms with van der Waals surface area (Å²) in [5.74, 6) is -0.896. The normalized spacial score (nSPS) is 15.0. The Hall–Kier alpha value is -2.97. The molecule has 0 unspecified atom stereocenters. The minimum atomic E-state index is -4.53. The third kappa shape index (κ3) is 3.66. The molecule has 0 saturated carbocycles. The number of amides is 1. The molecular weight excluding hydrogens is 347 g/mol. The largest absolute Gasteiger partial charge is 0.408 e. The second kappa shape index (κ2) is 6.74. The van der Waals surface area contributed by atoms with Crippen LogP contribution in [0.1, 0.15) is 18.1 Å². The number of nitrogens with one attached hydrogen (secondary N) is 1. The van der Waals surface area contributed by atoms with Crippen molar-refractivity contribution in [3.63, 3.8) is 0 Å². The van der Waals surface area contributed by atoms with E-state index in [2.05, 4.69) is 15.1 Å². The zero-order chi connectivity index (χ0) is 18.9. The van der Waals surface area contributed by atoms with Gasteiger partial charge in [-0.05, 0) is 24.1 Å².